The summed E-state index contributed by atoms with van der Waals surface area (Å²) in [6.45, 7) is 0.420. The van der Waals surface area contributed by atoms with Crippen molar-refractivity contribution in [3.8, 4) is 5.75 Å². The van der Waals surface area contributed by atoms with E-state index in [1.165, 1.54) is 14.2 Å². The van der Waals surface area contributed by atoms with Gasteiger partial charge < -0.3 is 19.5 Å². The Hall–Kier alpha value is -2.72. The second-order valence-electron chi connectivity index (χ2n) is 4.87. The number of methoxy groups -OCH3 is 2. The predicted octanol–water partition coefficient (Wildman–Crippen LogP) is 0.301. The number of benzene rings is 1. The Morgan fingerprint density at radius 1 is 1.04 bits per heavy atom. The SMILES string of the molecule is COCCOC(=O)CCC(=O)NC(=S)NNC(=O)c1ccccc1OC. The third-order valence-electron chi connectivity index (χ3n) is 3.00. The Balaban J connectivity index is 2.32. The average Bonchev–Trinajstić information content (AvgIpc) is 2.64. The lowest BCUT2D eigenvalue weighted by Gasteiger charge is -2.12. The fraction of sp³-hybridized carbons (Fsp3) is 0.375. The van der Waals surface area contributed by atoms with Crippen LogP contribution in [0.4, 0.5) is 0 Å². The van der Waals surface area contributed by atoms with Crippen molar-refractivity contribution in [2.24, 2.45) is 0 Å². The fourth-order valence-corrected chi connectivity index (χ4v) is 1.92. The van der Waals surface area contributed by atoms with Crippen molar-refractivity contribution in [2.75, 3.05) is 27.4 Å². The maximum atomic E-state index is 12.1. The van der Waals surface area contributed by atoms with Gasteiger partial charge in [-0.3, -0.25) is 25.2 Å². The molecule has 0 radical (unpaired) electrons. The van der Waals surface area contributed by atoms with Gasteiger partial charge in [0.25, 0.3) is 5.91 Å². The Morgan fingerprint density at radius 3 is 2.46 bits per heavy atom. The maximum Gasteiger partial charge on any atom is 0.306 e. The molecule has 9 nitrogen and oxygen atoms in total. The molecule has 0 aliphatic carbocycles. The molecule has 0 fully saturated rings. The molecule has 0 spiro atoms. The number of para-hydroxylation sites is 1. The van der Waals surface area contributed by atoms with E-state index in [0.717, 1.165) is 0 Å². The number of rotatable bonds is 8. The lowest BCUT2D eigenvalue weighted by atomic mass is 10.2. The van der Waals surface area contributed by atoms with Crippen LogP contribution < -0.4 is 20.9 Å². The third kappa shape index (κ3) is 7.90. The molecule has 0 unspecified atom stereocenters. The summed E-state index contributed by atoms with van der Waals surface area (Å²) in [5.74, 6) is -1.09. The quantitative estimate of drug-likeness (QED) is 0.254. The van der Waals surface area contributed by atoms with Gasteiger partial charge in [0.1, 0.15) is 12.4 Å². The Labute approximate surface area is 156 Å². The molecule has 0 aromatic heterocycles. The molecule has 0 aliphatic heterocycles. The van der Waals surface area contributed by atoms with Gasteiger partial charge in [0.15, 0.2) is 5.11 Å². The summed E-state index contributed by atoms with van der Waals surface area (Å²) in [5, 5.41) is 2.24. The van der Waals surface area contributed by atoms with Gasteiger partial charge >= 0.3 is 5.97 Å². The minimum absolute atomic E-state index is 0.0915. The van der Waals surface area contributed by atoms with Crippen LogP contribution in [0.25, 0.3) is 0 Å². The van der Waals surface area contributed by atoms with Gasteiger partial charge in [-0.05, 0) is 24.4 Å². The number of hydrazine groups is 1. The molecular weight excluding hydrogens is 362 g/mol. The molecule has 0 saturated carbocycles. The number of ether oxygens (including phenoxy) is 3. The Morgan fingerprint density at radius 2 is 1.77 bits per heavy atom. The molecule has 142 valence electrons. The number of amides is 2. The molecule has 3 N–H and O–H groups in total. The van der Waals surface area contributed by atoms with Crippen LogP contribution in [0.2, 0.25) is 0 Å². The third-order valence-corrected chi connectivity index (χ3v) is 3.20. The molecule has 1 rings (SSSR count). The highest BCUT2D eigenvalue weighted by molar-refractivity contribution is 7.80. The maximum absolute atomic E-state index is 12.1. The molecule has 0 saturated heterocycles. The van der Waals surface area contributed by atoms with E-state index in [0.29, 0.717) is 11.3 Å². The van der Waals surface area contributed by atoms with E-state index in [4.69, 9.17) is 26.4 Å². The lowest BCUT2D eigenvalue weighted by Crippen LogP contribution is -2.48. The molecule has 0 atom stereocenters. The fourth-order valence-electron chi connectivity index (χ4n) is 1.76. The van der Waals surface area contributed by atoms with Gasteiger partial charge in [-0.2, -0.15) is 0 Å². The smallest absolute Gasteiger partial charge is 0.306 e. The lowest BCUT2D eigenvalue weighted by molar-refractivity contribution is -0.146. The van der Waals surface area contributed by atoms with Gasteiger partial charge in [0, 0.05) is 13.5 Å². The molecule has 0 bridgehead atoms. The normalized spacial score (nSPS) is 9.77. The number of hydrogen-bond donors (Lipinski definition) is 3. The Kier molecular flexibility index (Phi) is 9.65. The number of hydrogen-bond acceptors (Lipinski definition) is 7. The van der Waals surface area contributed by atoms with E-state index in [2.05, 4.69) is 16.2 Å². The van der Waals surface area contributed by atoms with Crippen LogP contribution in [-0.2, 0) is 19.1 Å². The van der Waals surface area contributed by atoms with E-state index in [1.807, 2.05) is 0 Å². The molecular formula is C16H21N3O6S. The van der Waals surface area contributed by atoms with Gasteiger partial charge in [-0.15, -0.1) is 0 Å². The summed E-state index contributed by atoms with van der Waals surface area (Å²) in [4.78, 5) is 35.1. The van der Waals surface area contributed by atoms with Crippen molar-refractivity contribution in [3.63, 3.8) is 0 Å². The number of carbonyl (C=O) groups is 3. The molecule has 0 aliphatic rings. The molecule has 1 aromatic rings. The van der Waals surface area contributed by atoms with Crippen molar-refractivity contribution >= 4 is 35.1 Å². The van der Waals surface area contributed by atoms with Crippen molar-refractivity contribution in [3.05, 3.63) is 29.8 Å². The minimum Gasteiger partial charge on any atom is -0.496 e. The van der Waals surface area contributed by atoms with Crippen molar-refractivity contribution in [1.29, 1.82) is 0 Å². The molecule has 0 heterocycles. The highest BCUT2D eigenvalue weighted by atomic mass is 32.1. The van der Waals surface area contributed by atoms with E-state index in [-0.39, 0.29) is 31.2 Å². The van der Waals surface area contributed by atoms with Crippen LogP contribution in [0.5, 0.6) is 5.75 Å². The summed E-state index contributed by atoms with van der Waals surface area (Å²) < 4.78 is 14.6. The standard InChI is InChI=1S/C16H21N3O6S/c1-23-9-10-25-14(21)8-7-13(20)17-16(26)19-18-15(22)11-5-3-4-6-12(11)24-2/h3-6H,7-10H2,1-2H3,(H,18,22)(H2,17,19,20,26). The van der Waals surface area contributed by atoms with E-state index in [1.54, 1.807) is 24.3 Å². The predicted molar refractivity (Wildman–Crippen MR) is 96.4 cm³/mol. The zero-order valence-electron chi connectivity index (χ0n) is 14.5. The largest absolute Gasteiger partial charge is 0.496 e. The topological polar surface area (TPSA) is 115 Å². The van der Waals surface area contributed by atoms with Gasteiger partial charge in [0.05, 0.1) is 25.7 Å². The second-order valence-corrected chi connectivity index (χ2v) is 5.28. The van der Waals surface area contributed by atoms with E-state index >= 15 is 0 Å². The summed E-state index contributed by atoms with van der Waals surface area (Å²) >= 11 is 4.90. The highest BCUT2D eigenvalue weighted by Crippen LogP contribution is 2.16. The molecule has 26 heavy (non-hydrogen) atoms. The molecule has 1 aromatic carbocycles. The van der Waals surface area contributed by atoms with Crippen LogP contribution in [-0.4, -0.2) is 50.3 Å². The van der Waals surface area contributed by atoms with Gasteiger partial charge in [0.2, 0.25) is 5.91 Å². The number of thiocarbonyl (C=S) groups is 1. The molecule has 10 heteroatoms. The van der Waals surface area contributed by atoms with Crippen LogP contribution in [0.15, 0.2) is 24.3 Å². The van der Waals surface area contributed by atoms with Crippen LogP contribution in [0.1, 0.15) is 23.2 Å². The van der Waals surface area contributed by atoms with Crippen molar-refractivity contribution < 1.29 is 28.6 Å². The van der Waals surface area contributed by atoms with Crippen LogP contribution >= 0.6 is 12.2 Å². The van der Waals surface area contributed by atoms with Gasteiger partial charge in [-0.1, -0.05) is 12.1 Å². The number of esters is 1. The van der Waals surface area contributed by atoms with Crippen LogP contribution in [0, 0.1) is 0 Å². The monoisotopic (exact) mass is 383 g/mol. The highest BCUT2D eigenvalue weighted by Gasteiger charge is 2.13. The zero-order chi connectivity index (χ0) is 19.4. The van der Waals surface area contributed by atoms with Crippen molar-refractivity contribution in [2.45, 2.75) is 12.8 Å². The summed E-state index contributed by atoms with van der Waals surface area (Å²) in [6, 6.07) is 6.63. The number of carbonyl (C=O) groups excluding carboxylic acids is 3. The summed E-state index contributed by atoms with van der Waals surface area (Å²) in [5.41, 5.74) is 5.05. The first-order chi connectivity index (χ1) is 12.5. The minimum atomic E-state index is -0.513. The first kappa shape index (κ1) is 21.3. The first-order valence-corrected chi connectivity index (χ1v) is 8.06. The Bertz CT molecular complexity index is 653. The van der Waals surface area contributed by atoms with E-state index in [9.17, 15) is 14.4 Å². The first-order valence-electron chi connectivity index (χ1n) is 7.65. The number of nitrogens with one attached hydrogen (secondary N) is 3. The molecule has 2 amide bonds. The second kappa shape index (κ2) is 11.8. The summed E-state index contributed by atoms with van der Waals surface area (Å²) in [6.07, 6.45) is -0.195. The van der Waals surface area contributed by atoms with Crippen molar-refractivity contribution in [1.82, 2.24) is 16.2 Å². The van der Waals surface area contributed by atoms with E-state index < -0.39 is 17.8 Å². The van der Waals surface area contributed by atoms with Gasteiger partial charge in [-0.25, -0.2) is 0 Å². The zero-order valence-corrected chi connectivity index (χ0v) is 15.3. The summed E-state index contributed by atoms with van der Waals surface area (Å²) in [7, 11) is 2.94. The van der Waals surface area contributed by atoms with Crippen LogP contribution in [0.3, 0.4) is 0 Å². The average molecular weight is 383 g/mol.